The smallest absolute Gasteiger partial charge is 0.294 e. The Balaban J connectivity index is 0.000000190. The molecule has 0 bridgehead atoms. The molecule has 138 valence electrons. The van der Waals surface area contributed by atoms with E-state index in [1.165, 1.54) is 17.7 Å². The molecule has 0 aliphatic heterocycles. The Morgan fingerprint density at radius 2 is 1.58 bits per heavy atom. The Morgan fingerprint density at radius 1 is 0.962 bits per heavy atom. The van der Waals surface area contributed by atoms with Gasteiger partial charge in [0.15, 0.2) is 0 Å². The SMILES string of the molecule is CN[C@H](C)c1ccccc1CO.O=S(=O)(O)c1ccc2ccccc2c1. The Morgan fingerprint density at radius 3 is 2.19 bits per heavy atom. The average molecular weight is 373 g/mol. The summed E-state index contributed by atoms with van der Waals surface area (Å²) in [5.41, 5.74) is 2.17. The zero-order valence-corrected chi connectivity index (χ0v) is 15.6. The van der Waals surface area contributed by atoms with Gasteiger partial charge in [0.1, 0.15) is 0 Å². The quantitative estimate of drug-likeness (QED) is 0.609. The molecule has 1 atom stereocenters. The Kier molecular flexibility index (Phi) is 6.88. The Labute approximate surface area is 154 Å². The highest BCUT2D eigenvalue weighted by Gasteiger charge is 2.09. The molecular weight excluding hydrogens is 350 g/mol. The molecule has 3 aromatic rings. The van der Waals surface area contributed by atoms with E-state index in [0.717, 1.165) is 16.3 Å². The van der Waals surface area contributed by atoms with Crippen molar-refractivity contribution in [3.63, 3.8) is 0 Å². The fourth-order valence-electron chi connectivity index (χ4n) is 2.58. The van der Waals surface area contributed by atoms with Crippen LogP contribution in [0.2, 0.25) is 0 Å². The van der Waals surface area contributed by atoms with Crippen molar-refractivity contribution in [3.8, 4) is 0 Å². The van der Waals surface area contributed by atoms with Crippen molar-refractivity contribution in [2.45, 2.75) is 24.5 Å². The van der Waals surface area contributed by atoms with Gasteiger partial charge in [0, 0.05) is 6.04 Å². The van der Waals surface area contributed by atoms with Crippen LogP contribution in [0, 0.1) is 0 Å². The fraction of sp³-hybridized carbons (Fsp3) is 0.200. The number of hydrogen-bond donors (Lipinski definition) is 3. The van der Waals surface area contributed by atoms with Gasteiger partial charge in [0.25, 0.3) is 10.1 Å². The number of nitrogens with one attached hydrogen (secondary N) is 1. The molecule has 0 saturated heterocycles. The van der Waals surface area contributed by atoms with Crippen molar-refractivity contribution >= 4 is 20.9 Å². The summed E-state index contributed by atoms with van der Waals surface area (Å²) >= 11 is 0. The lowest BCUT2D eigenvalue weighted by atomic mass is 10.0. The molecule has 5 nitrogen and oxygen atoms in total. The minimum atomic E-state index is -4.09. The summed E-state index contributed by atoms with van der Waals surface area (Å²) in [7, 11) is -2.18. The third-order valence-corrected chi connectivity index (χ3v) is 4.99. The summed E-state index contributed by atoms with van der Waals surface area (Å²) in [4.78, 5) is -0.0730. The van der Waals surface area contributed by atoms with E-state index in [9.17, 15) is 8.42 Å². The van der Waals surface area contributed by atoms with Gasteiger partial charge in [0.05, 0.1) is 11.5 Å². The molecule has 26 heavy (non-hydrogen) atoms. The average Bonchev–Trinajstić information content (AvgIpc) is 2.66. The van der Waals surface area contributed by atoms with Crippen LogP contribution in [0.4, 0.5) is 0 Å². The molecular formula is C20H23NO4S. The van der Waals surface area contributed by atoms with Gasteiger partial charge in [-0.15, -0.1) is 0 Å². The van der Waals surface area contributed by atoms with Gasteiger partial charge in [-0.05, 0) is 48.0 Å². The largest absolute Gasteiger partial charge is 0.392 e. The predicted molar refractivity (Wildman–Crippen MR) is 104 cm³/mol. The lowest BCUT2D eigenvalue weighted by Gasteiger charge is -2.13. The maximum Gasteiger partial charge on any atom is 0.294 e. The lowest BCUT2D eigenvalue weighted by Crippen LogP contribution is -2.14. The van der Waals surface area contributed by atoms with Gasteiger partial charge in [-0.3, -0.25) is 4.55 Å². The summed E-state index contributed by atoms with van der Waals surface area (Å²) in [5, 5.41) is 13.9. The molecule has 0 heterocycles. The van der Waals surface area contributed by atoms with Crippen molar-refractivity contribution < 1.29 is 18.1 Å². The summed E-state index contributed by atoms with van der Waals surface area (Å²) in [5.74, 6) is 0. The molecule has 3 aromatic carbocycles. The number of fused-ring (bicyclic) bond motifs is 1. The van der Waals surface area contributed by atoms with Gasteiger partial charge in [-0.25, -0.2) is 0 Å². The van der Waals surface area contributed by atoms with E-state index in [-0.39, 0.29) is 11.5 Å². The highest BCUT2D eigenvalue weighted by Crippen LogP contribution is 2.18. The first-order chi connectivity index (χ1) is 12.4. The number of benzene rings is 3. The van der Waals surface area contributed by atoms with Gasteiger partial charge in [0.2, 0.25) is 0 Å². The van der Waals surface area contributed by atoms with Crippen LogP contribution in [0.1, 0.15) is 24.1 Å². The zero-order chi connectivity index (χ0) is 19.2. The number of aliphatic hydroxyl groups is 1. The number of rotatable bonds is 4. The van der Waals surface area contributed by atoms with Crippen molar-refractivity contribution in [1.82, 2.24) is 5.32 Å². The maximum absolute atomic E-state index is 10.8. The van der Waals surface area contributed by atoms with Crippen LogP contribution in [0.25, 0.3) is 10.8 Å². The molecule has 6 heteroatoms. The predicted octanol–water partition coefficient (Wildman–Crippen LogP) is 3.55. The van der Waals surface area contributed by atoms with Crippen LogP contribution in [-0.4, -0.2) is 25.1 Å². The first-order valence-corrected chi connectivity index (χ1v) is 9.63. The van der Waals surface area contributed by atoms with Crippen molar-refractivity contribution in [2.75, 3.05) is 7.05 Å². The van der Waals surface area contributed by atoms with Crippen LogP contribution in [-0.2, 0) is 16.7 Å². The second-order valence-electron chi connectivity index (χ2n) is 5.85. The lowest BCUT2D eigenvalue weighted by molar-refractivity contribution is 0.279. The Hall–Kier alpha value is -2.25. The molecule has 0 aromatic heterocycles. The second kappa shape index (κ2) is 8.91. The van der Waals surface area contributed by atoms with Gasteiger partial charge in [-0.2, -0.15) is 8.42 Å². The highest BCUT2D eigenvalue weighted by atomic mass is 32.2. The molecule has 0 unspecified atom stereocenters. The minimum Gasteiger partial charge on any atom is -0.392 e. The number of aliphatic hydroxyl groups excluding tert-OH is 1. The summed E-state index contributed by atoms with van der Waals surface area (Å²) in [6, 6.07) is 20.1. The first-order valence-electron chi connectivity index (χ1n) is 8.19. The fourth-order valence-corrected chi connectivity index (χ4v) is 3.10. The maximum atomic E-state index is 10.8. The van der Waals surface area contributed by atoms with Crippen LogP contribution in [0.15, 0.2) is 71.6 Å². The first kappa shape index (κ1) is 20.1. The zero-order valence-electron chi connectivity index (χ0n) is 14.8. The van der Waals surface area contributed by atoms with E-state index in [1.54, 1.807) is 12.1 Å². The second-order valence-corrected chi connectivity index (χ2v) is 7.27. The minimum absolute atomic E-state index is 0.0730. The molecule has 0 aliphatic rings. The van der Waals surface area contributed by atoms with E-state index in [1.807, 2.05) is 49.5 Å². The van der Waals surface area contributed by atoms with Gasteiger partial charge >= 0.3 is 0 Å². The standard InChI is InChI=1S/C10H15NO.C10H8O3S/c1-8(11-2)10-6-4-3-5-9(10)7-12;11-14(12,13)10-6-5-8-3-1-2-4-9(8)7-10/h3-6,8,11-12H,7H2,1-2H3;1-7H,(H,11,12,13)/t8-;/m1./s1. The van der Waals surface area contributed by atoms with Crippen LogP contribution < -0.4 is 5.32 Å². The molecule has 3 N–H and O–H groups in total. The van der Waals surface area contributed by atoms with E-state index >= 15 is 0 Å². The molecule has 0 spiro atoms. The third-order valence-electron chi connectivity index (χ3n) is 4.14. The van der Waals surface area contributed by atoms with Crippen LogP contribution >= 0.6 is 0 Å². The molecule has 0 radical (unpaired) electrons. The highest BCUT2D eigenvalue weighted by molar-refractivity contribution is 7.85. The van der Waals surface area contributed by atoms with Gasteiger partial charge < -0.3 is 10.4 Å². The van der Waals surface area contributed by atoms with E-state index in [0.29, 0.717) is 6.04 Å². The van der Waals surface area contributed by atoms with Crippen molar-refractivity contribution in [1.29, 1.82) is 0 Å². The topological polar surface area (TPSA) is 86.6 Å². The normalized spacial score (nSPS) is 12.3. The molecule has 0 fully saturated rings. The Bertz CT molecular complexity index is 970. The molecule has 0 saturated carbocycles. The molecule has 0 aliphatic carbocycles. The summed E-state index contributed by atoms with van der Waals surface area (Å²) in [6.45, 7) is 2.19. The van der Waals surface area contributed by atoms with Crippen LogP contribution in [0.3, 0.4) is 0 Å². The van der Waals surface area contributed by atoms with E-state index in [4.69, 9.17) is 9.66 Å². The van der Waals surface area contributed by atoms with Crippen LogP contribution in [0.5, 0.6) is 0 Å². The monoisotopic (exact) mass is 373 g/mol. The number of hydrogen-bond acceptors (Lipinski definition) is 4. The van der Waals surface area contributed by atoms with Gasteiger partial charge in [-0.1, -0.05) is 54.6 Å². The summed E-state index contributed by atoms with van der Waals surface area (Å²) < 4.78 is 30.5. The molecule has 0 amide bonds. The van der Waals surface area contributed by atoms with Crippen molar-refractivity contribution in [2.24, 2.45) is 0 Å². The van der Waals surface area contributed by atoms with Crippen molar-refractivity contribution in [3.05, 3.63) is 77.9 Å². The molecule has 3 rings (SSSR count). The third kappa shape index (κ3) is 5.12. The summed E-state index contributed by atoms with van der Waals surface area (Å²) in [6.07, 6.45) is 0. The van der Waals surface area contributed by atoms with E-state index < -0.39 is 10.1 Å². The van der Waals surface area contributed by atoms with E-state index in [2.05, 4.69) is 12.2 Å².